The van der Waals surface area contributed by atoms with Gasteiger partial charge in [-0.3, -0.25) is 0 Å². The maximum Gasteiger partial charge on any atom is 0.171 e. The Morgan fingerprint density at radius 3 is 1.43 bits per heavy atom. The van der Waals surface area contributed by atoms with Gasteiger partial charge in [0.05, 0.1) is 0 Å². The van der Waals surface area contributed by atoms with Crippen molar-refractivity contribution in [3.63, 3.8) is 0 Å². The first-order chi connectivity index (χ1) is 22.9. The summed E-state index contributed by atoms with van der Waals surface area (Å²) in [4.78, 5) is 14.6. The van der Waals surface area contributed by atoms with Crippen LogP contribution in [0.3, 0.4) is 0 Å². The summed E-state index contributed by atoms with van der Waals surface area (Å²) in [6.45, 7) is 4.46. The number of fused-ring (bicyclic) bond motifs is 2. The molecule has 5 heteroatoms. The second kappa shape index (κ2) is 11.4. The van der Waals surface area contributed by atoms with Gasteiger partial charge in [0.25, 0.3) is 0 Å². The normalized spacial score (nSPS) is 16.2. The number of hydrogen-bond donors (Lipinski definition) is 0. The first kappa shape index (κ1) is 29.0. The van der Waals surface area contributed by atoms with Crippen LogP contribution in [0, 0.1) is 0 Å². The number of benzene rings is 6. The van der Waals surface area contributed by atoms with Gasteiger partial charge in [-0.2, -0.15) is 0 Å². The third kappa shape index (κ3) is 4.93. The Labute approximate surface area is 275 Å². The van der Waals surface area contributed by atoms with Crippen LogP contribution in [0.25, 0.3) is 45.3 Å². The first-order valence-electron chi connectivity index (χ1n) is 15.8. The lowest BCUT2D eigenvalue weighted by atomic mass is 9.77. The Bertz CT molecular complexity index is 2230. The molecular formula is C42H32N3OP. The Hall–Kier alpha value is -5.44. The average molecular weight is 626 g/mol. The Kier molecular flexibility index (Phi) is 7.04. The molecular weight excluding hydrogens is 593 g/mol. The van der Waals surface area contributed by atoms with Crippen LogP contribution < -0.4 is 15.9 Å². The first-order valence-corrected chi connectivity index (χ1v) is 17.5. The van der Waals surface area contributed by atoms with Crippen molar-refractivity contribution >= 4 is 23.1 Å². The van der Waals surface area contributed by atoms with Crippen LogP contribution in [0.5, 0.6) is 0 Å². The molecule has 47 heavy (non-hydrogen) atoms. The molecule has 7 aromatic rings. The lowest BCUT2D eigenvalue weighted by Gasteiger charge is -2.39. The molecule has 0 aliphatic carbocycles. The van der Waals surface area contributed by atoms with Crippen LogP contribution in [0.1, 0.15) is 25.0 Å². The molecule has 1 unspecified atom stereocenters. The van der Waals surface area contributed by atoms with E-state index in [2.05, 4.69) is 74.5 Å². The van der Waals surface area contributed by atoms with E-state index in [0.29, 0.717) is 17.5 Å². The molecule has 1 aromatic heterocycles. The highest BCUT2D eigenvalue weighted by Crippen LogP contribution is 2.52. The SMILES string of the molecule is CC1(C)c2ccccc2P(=O)(c2ccccc2)c2cc(-c3ccc(-c4nc(-c5ccccc5)nc(-c5ccccc5)n4)cc3)ccc21. The molecule has 1 atom stereocenters. The molecule has 226 valence electrons. The molecule has 4 nitrogen and oxygen atoms in total. The summed E-state index contributed by atoms with van der Waals surface area (Å²) >= 11 is 0. The molecule has 0 fully saturated rings. The van der Waals surface area contributed by atoms with E-state index < -0.39 is 7.14 Å². The molecule has 8 rings (SSSR count). The molecule has 2 heterocycles. The van der Waals surface area contributed by atoms with Crippen LogP contribution in [0.15, 0.2) is 158 Å². The maximum atomic E-state index is 15.5. The van der Waals surface area contributed by atoms with Crippen LogP contribution in [-0.4, -0.2) is 15.0 Å². The smallest absolute Gasteiger partial charge is 0.171 e. The molecule has 0 amide bonds. The van der Waals surface area contributed by atoms with Gasteiger partial charge in [0, 0.05) is 38.0 Å². The minimum Gasteiger partial charge on any atom is -0.309 e. The van der Waals surface area contributed by atoms with Crippen LogP contribution in [0.4, 0.5) is 0 Å². The third-order valence-corrected chi connectivity index (χ3v) is 12.4. The largest absolute Gasteiger partial charge is 0.309 e. The summed E-state index contributed by atoms with van der Waals surface area (Å²) < 4.78 is 15.5. The zero-order valence-corrected chi connectivity index (χ0v) is 27.1. The van der Waals surface area contributed by atoms with Crippen molar-refractivity contribution < 1.29 is 4.57 Å². The fraction of sp³-hybridized carbons (Fsp3) is 0.0714. The lowest BCUT2D eigenvalue weighted by Crippen LogP contribution is -2.42. The molecule has 0 radical (unpaired) electrons. The minimum absolute atomic E-state index is 0.289. The van der Waals surface area contributed by atoms with E-state index in [1.54, 1.807) is 0 Å². The molecule has 0 spiro atoms. The van der Waals surface area contributed by atoms with E-state index in [-0.39, 0.29) is 5.41 Å². The fourth-order valence-corrected chi connectivity index (χ4v) is 10.1. The van der Waals surface area contributed by atoms with Crippen molar-refractivity contribution in [3.05, 3.63) is 169 Å². The predicted octanol–water partition coefficient (Wildman–Crippen LogP) is 8.82. The van der Waals surface area contributed by atoms with Crippen LogP contribution in [-0.2, 0) is 9.98 Å². The van der Waals surface area contributed by atoms with Gasteiger partial charge in [0.1, 0.15) is 0 Å². The Morgan fingerprint density at radius 1 is 0.426 bits per heavy atom. The van der Waals surface area contributed by atoms with Crippen molar-refractivity contribution in [1.82, 2.24) is 15.0 Å². The second-order valence-corrected chi connectivity index (χ2v) is 15.1. The fourth-order valence-electron chi connectivity index (χ4n) is 6.72. The van der Waals surface area contributed by atoms with Crippen molar-refractivity contribution in [1.29, 1.82) is 0 Å². The highest BCUT2D eigenvalue weighted by Gasteiger charge is 2.44. The summed E-state index contributed by atoms with van der Waals surface area (Å²) in [5.74, 6) is 1.88. The van der Waals surface area contributed by atoms with Gasteiger partial charge in [0.2, 0.25) is 0 Å². The van der Waals surface area contributed by atoms with Crippen molar-refractivity contribution in [2.75, 3.05) is 0 Å². The molecule has 1 aliphatic rings. The number of rotatable bonds is 5. The van der Waals surface area contributed by atoms with Crippen LogP contribution >= 0.6 is 7.14 Å². The van der Waals surface area contributed by atoms with Gasteiger partial charge >= 0.3 is 0 Å². The van der Waals surface area contributed by atoms with Crippen molar-refractivity contribution in [2.24, 2.45) is 0 Å². The predicted molar refractivity (Wildman–Crippen MR) is 193 cm³/mol. The average Bonchev–Trinajstić information content (AvgIpc) is 3.15. The summed E-state index contributed by atoms with van der Waals surface area (Å²) in [5, 5.41) is 2.69. The van der Waals surface area contributed by atoms with Gasteiger partial charge in [-0.1, -0.05) is 166 Å². The van der Waals surface area contributed by atoms with E-state index in [4.69, 9.17) is 15.0 Å². The van der Waals surface area contributed by atoms with Gasteiger partial charge in [-0.05, 0) is 28.3 Å². The molecule has 0 N–H and O–H groups in total. The van der Waals surface area contributed by atoms with Gasteiger partial charge in [-0.25, -0.2) is 15.0 Å². The van der Waals surface area contributed by atoms with E-state index in [1.165, 1.54) is 0 Å². The van der Waals surface area contributed by atoms with Crippen LogP contribution in [0.2, 0.25) is 0 Å². The third-order valence-electron chi connectivity index (χ3n) is 9.22. The molecule has 6 aromatic carbocycles. The van der Waals surface area contributed by atoms with Gasteiger partial charge in [-0.15, -0.1) is 0 Å². The summed E-state index contributed by atoms with van der Waals surface area (Å²) in [7, 11) is -3.13. The summed E-state index contributed by atoms with van der Waals surface area (Å²) in [5.41, 5.74) is 6.77. The van der Waals surface area contributed by atoms with Gasteiger partial charge < -0.3 is 4.57 Å². The highest BCUT2D eigenvalue weighted by atomic mass is 31.2. The number of aromatic nitrogens is 3. The highest BCUT2D eigenvalue weighted by molar-refractivity contribution is 7.85. The number of hydrogen-bond acceptors (Lipinski definition) is 4. The summed E-state index contributed by atoms with van der Waals surface area (Å²) in [6, 6.07) is 53.0. The topological polar surface area (TPSA) is 55.7 Å². The second-order valence-electron chi connectivity index (χ2n) is 12.4. The maximum absolute atomic E-state index is 15.5. The Morgan fingerprint density at radius 2 is 0.851 bits per heavy atom. The van der Waals surface area contributed by atoms with E-state index in [0.717, 1.165) is 54.9 Å². The zero-order chi connectivity index (χ0) is 32.0. The van der Waals surface area contributed by atoms with E-state index in [1.807, 2.05) is 97.1 Å². The van der Waals surface area contributed by atoms with Crippen molar-refractivity contribution in [2.45, 2.75) is 19.3 Å². The molecule has 0 bridgehead atoms. The number of nitrogens with zero attached hydrogens (tertiary/aromatic N) is 3. The monoisotopic (exact) mass is 625 g/mol. The van der Waals surface area contributed by atoms with E-state index in [9.17, 15) is 0 Å². The lowest BCUT2D eigenvalue weighted by molar-refractivity contribution is 0.586. The molecule has 1 aliphatic heterocycles. The van der Waals surface area contributed by atoms with E-state index >= 15 is 4.57 Å². The molecule has 0 saturated carbocycles. The zero-order valence-electron chi connectivity index (χ0n) is 26.2. The standard InChI is InChI=1S/C42H32N3OP/c1-42(2)35-20-12-13-21-37(35)47(46,34-18-10-5-11-19-34)38-28-33(26-27-36(38)42)29-22-24-32(25-23-29)41-44-39(30-14-6-3-7-15-30)43-40(45-41)31-16-8-4-9-17-31/h3-28H,1-2H3. The minimum atomic E-state index is -3.13. The van der Waals surface area contributed by atoms with Gasteiger partial charge in [0.15, 0.2) is 24.6 Å². The Balaban J connectivity index is 1.23. The van der Waals surface area contributed by atoms with Crippen molar-refractivity contribution in [3.8, 4) is 45.3 Å². The summed E-state index contributed by atoms with van der Waals surface area (Å²) in [6.07, 6.45) is 0. The quantitative estimate of drug-likeness (QED) is 0.179. The molecule has 0 saturated heterocycles.